The first-order chi connectivity index (χ1) is 10.5. The first kappa shape index (κ1) is 14.5. The molecule has 0 radical (unpaired) electrons. The number of amides is 1. The van der Waals surface area contributed by atoms with Gasteiger partial charge in [-0.25, -0.2) is 0 Å². The molecule has 1 saturated heterocycles. The van der Waals surface area contributed by atoms with Gasteiger partial charge in [-0.15, -0.1) is 0 Å². The molecule has 4 heteroatoms. The first-order valence-electron chi connectivity index (χ1n) is 8.88. The molecule has 4 aliphatic carbocycles. The van der Waals surface area contributed by atoms with Crippen molar-refractivity contribution in [2.75, 3.05) is 13.7 Å². The lowest BCUT2D eigenvalue weighted by atomic mass is 9.47. The Morgan fingerprint density at radius 3 is 2.23 bits per heavy atom. The number of ether oxygens (including phenoxy) is 1. The second-order valence-electron chi connectivity index (χ2n) is 8.43. The average molecular weight is 305 g/mol. The zero-order valence-electron chi connectivity index (χ0n) is 13.7. The summed E-state index contributed by atoms with van der Waals surface area (Å²) in [7, 11) is 1.41. The molecule has 2 atom stereocenters. The van der Waals surface area contributed by atoms with Crippen LogP contribution in [0.15, 0.2) is 0 Å². The van der Waals surface area contributed by atoms with Gasteiger partial charge in [-0.2, -0.15) is 0 Å². The van der Waals surface area contributed by atoms with Crippen LogP contribution in [0.2, 0.25) is 0 Å². The Morgan fingerprint density at radius 1 is 1.18 bits per heavy atom. The zero-order chi connectivity index (χ0) is 15.5. The fraction of sp³-hybridized carbons (Fsp3) is 0.889. The number of hydrogen-bond donors (Lipinski definition) is 0. The second kappa shape index (κ2) is 4.97. The Bertz CT molecular complexity index is 465. The van der Waals surface area contributed by atoms with E-state index in [0.717, 1.165) is 17.8 Å². The summed E-state index contributed by atoms with van der Waals surface area (Å²) in [5, 5.41) is 0. The fourth-order valence-electron chi connectivity index (χ4n) is 6.45. The van der Waals surface area contributed by atoms with E-state index in [-0.39, 0.29) is 23.8 Å². The van der Waals surface area contributed by atoms with Crippen LogP contribution in [0.3, 0.4) is 0 Å². The van der Waals surface area contributed by atoms with Gasteiger partial charge in [-0.05, 0) is 68.6 Å². The smallest absolute Gasteiger partial charge is 0.310 e. The Hall–Kier alpha value is -1.06. The number of rotatable bonds is 3. The highest BCUT2D eigenvalue weighted by Gasteiger charge is 2.55. The maximum absolute atomic E-state index is 12.5. The largest absolute Gasteiger partial charge is 0.469 e. The van der Waals surface area contributed by atoms with Crippen molar-refractivity contribution in [3.05, 3.63) is 0 Å². The number of carbonyl (C=O) groups excluding carboxylic acids is 2. The number of likely N-dealkylation sites (tertiary alicyclic amines) is 1. The number of methoxy groups -OCH3 is 1. The van der Waals surface area contributed by atoms with Crippen LogP contribution >= 0.6 is 0 Å². The summed E-state index contributed by atoms with van der Waals surface area (Å²) < 4.78 is 4.84. The predicted octanol–water partition coefficient (Wildman–Crippen LogP) is 2.61. The van der Waals surface area contributed by atoms with Crippen LogP contribution in [0.4, 0.5) is 0 Å². The van der Waals surface area contributed by atoms with Gasteiger partial charge in [-0.3, -0.25) is 9.59 Å². The van der Waals surface area contributed by atoms with Crippen molar-refractivity contribution >= 4 is 11.9 Å². The van der Waals surface area contributed by atoms with Crippen LogP contribution < -0.4 is 0 Å². The molecular formula is C18H27NO3. The molecule has 4 bridgehead atoms. The normalized spacial score (nSPS) is 44.5. The minimum atomic E-state index is -0.256. The zero-order valence-corrected chi connectivity index (χ0v) is 13.7. The van der Waals surface area contributed by atoms with Gasteiger partial charge in [-0.1, -0.05) is 0 Å². The molecule has 22 heavy (non-hydrogen) atoms. The van der Waals surface area contributed by atoms with Gasteiger partial charge >= 0.3 is 5.97 Å². The Morgan fingerprint density at radius 2 is 1.73 bits per heavy atom. The third-order valence-corrected chi connectivity index (χ3v) is 7.13. The van der Waals surface area contributed by atoms with E-state index < -0.39 is 0 Å². The average Bonchev–Trinajstić information content (AvgIpc) is 2.86. The van der Waals surface area contributed by atoms with Crippen LogP contribution in [0.1, 0.15) is 51.9 Å². The minimum absolute atomic E-state index is 0.152. The van der Waals surface area contributed by atoms with Gasteiger partial charge in [0.1, 0.15) is 0 Å². The lowest BCUT2D eigenvalue weighted by molar-refractivity contribution is -0.145. The highest BCUT2D eigenvalue weighted by Crippen LogP contribution is 2.62. The molecule has 0 spiro atoms. The van der Waals surface area contributed by atoms with Crippen molar-refractivity contribution in [3.8, 4) is 0 Å². The van der Waals surface area contributed by atoms with Crippen molar-refractivity contribution in [2.45, 2.75) is 57.9 Å². The van der Waals surface area contributed by atoms with E-state index in [0.29, 0.717) is 18.4 Å². The van der Waals surface area contributed by atoms with Crippen molar-refractivity contribution < 1.29 is 14.3 Å². The van der Waals surface area contributed by atoms with Crippen molar-refractivity contribution in [3.63, 3.8) is 0 Å². The molecule has 5 aliphatic rings. The molecule has 1 heterocycles. The summed E-state index contributed by atoms with van der Waals surface area (Å²) in [6, 6.07) is 0.281. The second-order valence-corrected chi connectivity index (χ2v) is 8.43. The number of hydrogen-bond acceptors (Lipinski definition) is 3. The molecule has 0 aromatic rings. The molecule has 1 aliphatic heterocycles. The van der Waals surface area contributed by atoms with Crippen molar-refractivity contribution in [2.24, 2.45) is 29.1 Å². The standard InChI is InChI=1S/C18H27NO3/c1-11(19-10-15(6-16(19)20)17(21)22-2)18-7-12-3-13(8-18)5-14(4-12)9-18/h11-15H,3-10H2,1-2H3/t11-,12?,13?,14?,15-,18?/m1/s1. The molecule has 5 rings (SSSR count). The third-order valence-electron chi connectivity index (χ3n) is 7.13. The van der Waals surface area contributed by atoms with E-state index in [2.05, 4.69) is 6.92 Å². The Kier molecular flexibility index (Phi) is 3.28. The highest BCUT2D eigenvalue weighted by atomic mass is 16.5. The van der Waals surface area contributed by atoms with Crippen LogP contribution in [-0.2, 0) is 14.3 Å². The summed E-state index contributed by atoms with van der Waals surface area (Å²) >= 11 is 0. The molecule has 0 unspecified atom stereocenters. The Labute approximate surface area is 132 Å². The summed E-state index contributed by atoms with van der Waals surface area (Å²) in [6.45, 7) is 2.80. The lowest BCUT2D eigenvalue weighted by Gasteiger charge is -2.60. The van der Waals surface area contributed by atoms with Crippen molar-refractivity contribution in [1.29, 1.82) is 0 Å². The molecule has 1 amide bonds. The van der Waals surface area contributed by atoms with Crippen molar-refractivity contribution in [1.82, 2.24) is 4.90 Å². The van der Waals surface area contributed by atoms with Gasteiger partial charge in [0.15, 0.2) is 0 Å². The van der Waals surface area contributed by atoms with E-state index in [4.69, 9.17) is 4.74 Å². The topological polar surface area (TPSA) is 46.6 Å². The molecule has 5 fully saturated rings. The SMILES string of the molecule is COC(=O)[C@@H]1CC(=O)N([C@H](C)C23CC4CC(CC(C4)C2)C3)C1. The summed E-state index contributed by atoms with van der Waals surface area (Å²) in [5.74, 6) is 2.34. The molecule has 4 nitrogen and oxygen atoms in total. The quantitative estimate of drug-likeness (QED) is 0.753. The predicted molar refractivity (Wildman–Crippen MR) is 81.9 cm³/mol. The van der Waals surface area contributed by atoms with E-state index in [1.54, 1.807) is 0 Å². The van der Waals surface area contributed by atoms with Gasteiger partial charge in [0.2, 0.25) is 5.91 Å². The van der Waals surface area contributed by atoms with E-state index in [1.165, 1.54) is 45.6 Å². The monoisotopic (exact) mass is 305 g/mol. The maximum atomic E-state index is 12.5. The van der Waals surface area contributed by atoms with Crippen LogP contribution in [0.5, 0.6) is 0 Å². The fourth-order valence-corrected chi connectivity index (χ4v) is 6.45. The van der Waals surface area contributed by atoms with Crippen LogP contribution in [0.25, 0.3) is 0 Å². The minimum Gasteiger partial charge on any atom is -0.469 e. The van der Waals surface area contributed by atoms with E-state index >= 15 is 0 Å². The van der Waals surface area contributed by atoms with Crippen LogP contribution in [0, 0.1) is 29.1 Å². The lowest BCUT2D eigenvalue weighted by Crippen LogP contribution is -2.56. The third kappa shape index (κ3) is 2.10. The number of nitrogens with zero attached hydrogens (tertiary/aromatic N) is 1. The molecule has 0 N–H and O–H groups in total. The highest BCUT2D eigenvalue weighted by molar-refractivity contribution is 5.87. The molecule has 0 aromatic heterocycles. The summed E-state index contributed by atoms with van der Waals surface area (Å²) in [6.07, 6.45) is 8.50. The van der Waals surface area contributed by atoms with E-state index in [9.17, 15) is 9.59 Å². The number of esters is 1. The summed E-state index contributed by atoms with van der Waals surface area (Å²) in [4.78, 5) is 26.2. The molecular weight excluding hydrogens is 278 g/mol. The van der Waals surface area contributed by atoms with Gasteiger partial charge in [0.25, 0.3) is 0 Å². The van der Waals surface area contributed by atoms with Gasteiger partial charge < -0.3 is 9.64 Å². The Balaban J connectivity index is 1.53. The number of carbonyl (C=O) groups is 2. The molecule has 4 saturated carbocycles. The molecule has 122 valence electrons. The van der Waals surface area contributed by atoms with Gasteiger partial charge in [0.05, 0.1) is 13.0 Å². The first-order valence-corrected chi connectivity index (χ1v) is 8.88. The summed E-state index contributed by atoms with van der Waals surface area (Å²) in [5.41, 5.74) is 0.329. The van der Waals surface area contributed by atoms with Crippen LogP contribution in [-0.4, -0.2) is 36.5 Å². The van der Waals surface area contributed by atoms with E-state index in [1.807, 2.05) is 4.90 Å². The van der Waals surface area contributed by atoms with Gasteiger partial charge in [0, 0.05) is 19.0 Å². The maximum Gasteiger partial charge on any atom is 0.310 e. The molecule has 0 aromatic carbocycles.